The van der Waals surface area contributed by atoms with Gasteiger partial charge in [-0.1, -0.05) is 12.1 Å². The van der Waals surface area contributed by atoms with Crippen molar-refractivity contribution in [1.82, 2.24) is 4.57 Å². The Bertz CT molecular complexity index is 1180. The number of carbonyl (C=O) groups is 1. The number of benzene rings is 2. The number of aryl methyl sites for hydroxylation is 1. The number of ether oxygens (including phenoxy) is 3. The molecule has 2 aromatic carbocycles. The Morgan fingerprint density at radius 1 is 1.25 bits per heavy atom. The maximum Gasteiger partial charge on any atom is 0.303 e. The van der Waals surface area contributed by atoms with Gasteiger partial charge >= 0.3 is 5.97 Å². The zero-order valence-electron chi connectivity index (χ0n) is 16.7. The maximum absolute atomic E-state index is 13.3. The van der Waals surface area contributed by atoms with Crippen molar-refractivity contribution in [3.8, 4) is 11.5 Å². The minimum atomic E-state index is -0.549. The van der Waals surface area contributed by atoms with Gasteiger partial charge in [0.15, 0.2) is 0 Å². The Kier molecular flexibility index (Phi) is 4.10. The Morgan fingerprint density at radius 3 is 2.64 bits per heavy atom. The van der Waals surface area contributed by atoms with Crippen molar-refractivity contribution < 1.29 is 19.0 Å². The number of esters is 1. The van der Waals surface area contributed by atoms with Gasteiger partial charge in [0, 0.05) is 31.8 Å². The average Bonchev–Trinajstić information content (AvgIpc) is 2.63. The van der Waals surface area contributed by atoms with Crippen LogP contribution in [0.1, 0.15) is 38.9 Å². The van der Waals surface area contributed by atoms with Gasteiger partial charge in [-0.3, -0.25) is 9.59 Å². The highest BCUT2D eigenvalue weighted by molar-refractivity contribution is 5.98. The second-order valence-electron chi connectivity index (χ2n) is 7.78. The summed E-state index contributed by atoms with van der Waals surface area (Å²) in [5.74, 6) is 0.583. The lowest BCUT2D eigenvalue weighted by Crippen LogP contribution is -2.36. The molecule has 1 atom stereocenters. The number of methoxy groups -OCH3 is 1. The lowest BCUT2D eigenvalue weighted by Gasteiger charge is -2.38. The molecule has 28 heavy (non-hydrogen) atoms. The molecule has 1 aliphatic heterocycles. The number of rotatable bonds is 2. The molecule has 0 N–H and O–H groups in total. The third-order valence-electron chi connectivity index (χ3n) is 5.26. The molecule has 0 saturated heterocycles. The number of para-hydroxylation sites is 1. The zero-order valence-corrected chi connectivity index (χ0v) is 16.7. The molecule has 6 nitrogen and oxygen atoms in total. The number of nitrogens with zero attached hydrogens (tertiary/aromatic N) is 1. The number of aromatic nitrogens is 1. The highest BCUT2D eigenvalue weighted by Gasteiger charge is 2.39. The number of hydrogen-bond acceptors (Lipinski definition) is 5. The molecular formula is C22H23NO5. The molecule has 0 aliphatic carbocycles. The van der Waals surface area contributed by atoms with E-state index in [1.807, 2.05) is 49.7 Å². The van der Waals surface area contributed by atoms with Crippen molar-refractivity contribution in [3.63, 3.8) is 0 Å². The highest BCUT2D eigenvalue weighted by Crippen LogP contribution is 2.48. The molecule has 6 heteroatoms. The van der Waals surface area contributed by atoms with Crippen LogP contribution in [0.25, 0.3) is 21.8 Å². The maximum atomic E-state index is 13.3. The van der Waals surface area contributed by atoms with Crippen LogP contribution in [0.3, 0.4) is 0 Å². The van der Waals surface area contributed by atoms with E-state index < -0.39 is 11.7 Å². The first-order valence-corrected chi connectivity index (χ1v) is 9.22. The van der Waals surface area contributed by atoms with Crippen LogP contribution in [0, 0.1) is 0 Å². The molecule has 0 saturated carbocycles. The smallest absolute Gasteiger partial charge is 0.303 e. The van der Waals surface area contributed by atoms with Crippen LogP contribution in [0.15, 0.2) is 35.1 Å². The van der Waals surface area contributed by atoms with E-state index >= 15 is 0 Å². The van der Waals surface area contributed by atoms with Gasteiger partial charge in [-0.05, 0) is 26.0 Å². The fraction of sp³-hybridized carbons (Fsp3) is 0.364. The molecule has 0 radical (unpaired) electrons. The topological polar surface area (TPSA) is 66.8 Å². The summed E-state index contributed by atoms with van der Waals surface area (Å²) in [5.41, 5.74) is 1.50. The fourth-order valence-corrected chi connectivity index (χ4v) is 4.13. The number of carbonyl (C=O) groups excluding carboxylic acids is 1. The van der Waals surface area contributed by atoms with E-state index in [9.17, 15) is 9.59 Å². The van der Waals surface area contributed by atoms with Gasteiger partial charge in [-0.15, -0.1) is 0 Å². The summed E-state index contributed by atoms with van der Waals surface area (Å²) in [6.45, 7) is 5.27. The van der Waals surface area contributed by atoms with Gasteiger partial charge in [0.25, 0.3) is 0 Å². The van der Waals surface area contributed by atoms with E-state index in [2.05, 4.69) is 0 Å². The van der Waals surface area contributed by atoms with Gasteiger partial charge in [-0.2, -0.15) is 0 Å². The van der Waals surface area contributed by atoms with Crippen molar-refractivity contribution in [2.75, 3.05) is 7.11 Å². The van der Waals surface area contributed by atoms with Crippen molar-refractivity contribution >= 4 is 27.8 Å². The van der Waals surface area contributed by atoms with Crippen molar-refractivity contribution in [2.45, 2.75) is 38.9 Å². The van der Waals surface area contributed by atoms with Crippen LogP contribution in [0.5, 0.6) is 11.5 Å². The molecule has 0 amide bonds. The van der Waals surface area contributed by atoms with Crippen LogP contribution < -0.4 is 14.9 Å². The minimum Gasteiger partial charge on any atom is -0.495 e. The third kappa shape index (κ3) is 2.71. The van der Waals surface area contributed by atoms with E-state index in [4.69, 9.17) is 14.2 Å². The molecule has 146 valence electrons. The molecule has 3 aromatic rings. The van der Waals surface area contributed by atoms with Gasteiger partial charge in [0.05, 0.1) is 29.1 Å². The average molecular weight is 381 g/mol. The number of pyridine rings is 1. The summed E-state index contributed by atoms with van der Waals surface area (Å²) >= 11 is 0. The normalized spacial score (nSPS) is 17.8. The second kappa shape index (κ2) is 6.26. The van der Waals surface area contributed by atoms with Gasteiger partial charge < -0.3 is 18.8 Å². The summed E-state index contributed by atoms with van der Waals surface area (Å²) < 4.78 is 19.5. The lowest BCUT2D eigenvalue weighted by molar-refractivity contribution is -0.150. The molecule has 2 heterocycles. The predicted molar refractivity (Wildman–Crippen MR) is 107 cm³/mol. The largest absolute Gasteiger partial charge is 0.495 e. The Hall–Kier alpha value is -3.02. The van der Waals surface area contributed by atoms with Crippen LogP contribution in [0.2, 0.25) is 0 Å². The number of hydrogen-bond donors (Lipinski definition) is 0. The Morgan fingerprint density at radius 2 is 1.96 bits per heavy atom. The minimum absolute atomic E-state index is 0.116. The molecule has 0 fully saturated rings. The van der Waals surface area contributed by atoms with E-state index in [-0.39, 0.29) is 11.4 Å². The quantitative estimate of drug-likeness (QED) is 0.498. The van der Waals surface area contributed by atoms with Crippen molar-refractivity contribution in [2.24, 2.45) is 7.05 Å². The first-order valence-electron chi connectivity index (χ1n) is 9.22. The molecule has 1 aromatic heterocycles. The van der Waals surface area contributed by atoms with E-state index in [0.29, 0.717) is 39.8 Å². The first-order chi connectivity index (χ1) is 13.2. The van der Waals surface area contributed by atoms with Crippen LogP contribution >= 0.6 is 0 Å². The third-order valence-corrected chi connectivity index (χ3v) is 5.26. The summed E-state index contributed by atoms with van der Waals surface area (Å²) in [6.07, 6.45) is -0.0817. The van der Waals surface area contributed by atoms with E-state index in [1.54, 1.807) is 6.07 Å². The lowest BCUT2D eigenvalue weighted by atomic mass is 9.89. The summed E-state index contributed by atoms with van der Waals surface area (Å²) in [5, 5.41) is 1.07. The van der Waals surface area contributed by atoms with E-state index in [1.165, 1.54) is 14.0 Å². The zero-order chi connectivity index (χ0) is 20.2. The molecular weight excluding hydrogens is 358 g/mol. The standard InChI is InChI=1S/C22H23NO5/c1-12(24)27-17-11-22(2,3)28-16-10-15-18(21(26-5)19(16)17)20(25)13-8-6-7-9-14(13)23(15)4/h6-10,17H,11H2,1-5H3. The SMILES string of the molecule is COc1c2c(cc3c1c(=O)c1ccccc1n3C)OC(C)(C)CC2OC(C)=O. The van der Waals surface area contributed by atoms with Crippen LogP contribution in [-0.4, -0.2) is 23.2 Å². The second-order valence-corrected chi connectivity index (χ2v) is 7.78. The van der Waals surface area contributed by atoms with Crippen molar-refractivity contribution in [3.05, 3.63) is 46.1 Å². The van der Waals surface area contributed by atoms with Gasteiger partial charge in [0.1, 0.15) is 23.2 Å². The molecule has 1 unspecified atom stereocenters. The molecule has 0 spiro atoms. The van der Waals surface area contributed by atoms with Gasteiger partial charge in [-0.25, -0.2) is 0 Å². The summed E-state index contributed by atoms with van der Waals surface area (Å²) in [7, 11) is 3.43. The predicted octanol–water partition coefficient (Wildman–Crippen LogP) is 3.87. The van der Waals surface area contributed by atoms with Gasteiger partial charge in [0.2, 0.25) is 5.43 Å². The first kappa shape index (κ1) is 18.3. The number of fused-ring (bicyclic) bond motifs is 3. The van der Waals surface area contributed by atoms with E-state index in [0.717, 1.165) is 5.52 Å². The fourth-order valence-electron chi connectivity index (χ4n) is 4.13. The monoisotopic (exact) mass is 381 g/mol. The Balaban J connectivity index is 2.15. The molecule has 4 rings (SSSR count). The Labute approximate surface area is 162 Å². The molecule has 0 bridgehead atoms. The van der Waals surface area contributed by atoms with Crippen LogP contribution in [-0.2, 0) is 16.6 Å². The highest BCUT2D eigenvalue weighted by atomic mass is 16.6. The summed E-state index contributed by atoms with van der Waals surface area (Å²) in [6, 6.07) is 9.31. The summed E-state index contributed by atoms with van der Waals surface area (Å²) in [4.78, 5) is 25.0. The van der Waals surface area contributed by atoms with Crippen molar-refractivity contribution in [1.29, 1.82) is 0 Å². The molecule has 1 aliphatic rings. The van der Waals surface area contributed by atoms with Crippen LogP contribution in [0.4, 0.5) is 0 Å².